The second-order valence-corrected chi connectivity index (χ2v) is 7.69. The summed E-state index contributed by atoms with van der Waals surface area (Å²) in [5, 5.41) is 0. The Morgan fingerprint density at radius 3 is 1.83 bits per heavy atom. The lowest BCUT2D eigenvalue weighted by Gasteiger charge is -2.12. The fraction of sp³-hybridized carbons (Fsp3) is 1.00. The van der Waals surface area contributed by atoms with Gasteiger partial charge in [0.15, 0.2) is 0 Å². The van der Waals surface area contributed by atoms with E-state index >= 15 is 0 Å². The molecule has 4 atom stereocenters. The quantitative estimate of drug-likeness (QED) is 0.461. The summed E-state index contributed by atoms with van der Waals surface area (Å²) < 4.78 is 0. The first-order valence-corrected chi connectivity index (χ1v) is 8.45. The van der Waals surface area contributed by atoms with Gasteiger partial charge in [-0.15, -0.1) is 0 Å². The SMILES string of the molecule is CCC1C(CC(C)C)C1CC(C)CCCC(C)C. The zero-order valence-corrected chi connectivity index (χ0v) is 13.7. The third-order valence-electron chi connectivity index (χ3n) is 4.88. The lowest BCUT2D eigenvalue weighted by molar-refractivity contribution is 0.396. The largest absolute Gasteiger partial charge is 0.0651 e. The van der Waals surface area contributed by atoms with Crippen LogP contribution in [0.5, 0.6) is 0 Å². The summed E-state index contributed by atoms with van der Waals surface area (Å²) in [4.78, 5) is 0. The van der Waals surface area contributed by atoms with Crippen molar-refractivity contribution in [2.45, 2.75) is 80.1 Å². The highest BCUT2D eigenvalue weighted by Crippen LogP contribution is 2.55. The van der Waals surface area contributed by atoms with Gasteiger partial charge >= 0.3 is 0 Å². The Morgan fingerprint density at radius 2 is 1.33 bits per heavy atom. The Morgan fingerprint density at radius 1 is 0.722 bits per heavy atom. The fourth-order valence-corrected chi connectivity index (χ4v) is 3.83. The predicted molar refractivity (Wildman–Crippen MR) is 82.7 cm³/mol. The molecule has 1 aliphatic rings. The van der Waals surface area contributed by atoms with Crippen LogP contribution in [0.3, 0.4) is 0 Å². The second-order valence-electron chi connectivity index (χ2n) is 7.69. The molecule has 0 heteroatoms. The summed E-state index contributed by atoms with van der Waals surface area (Å²) in [5.41, 5.74) is 0. The van der Waals surface area contributed by atoms with E-state index in [2.05, 4.69) is 41.5 Å². The highest BCUT2D eigenvalue weighted by atomic mass is 14.5. The number of rotatable bonds is 9. The third kappa shape index (κ3) is 5.33. The molecule has 0 aromatic heterocycles. The smallest absolute Gasteiger partial charge is 0.0349 e. The van der Waals surface area contributed by atoms with Crippen LogP contribution in [0.2, 0.25) is 0 Å². The molecule has 1 fully saturated rings. The Kier molecular flexibility index (Phi) is 6.74. The molecule has 18 heavy (non-hydrogen) atoms. The molecule has 0 N–H and O–H groups in total. The summed E-state index contributed by atoms with van der Waals surface area (Å²) in [7, 11) is 0. The van der Waals surface area contributed by atoms with Crippen molar-refractivity contribution in [3.63, 3.8) is 0 Å². The van der Waals surface area contributed by atoms with Crippen LogP contribution in [-0.2, 0) is 0 Å². The van der Waals surface area contributed by atoms with Gasteiger partial charge in [-0.05, 0) is 48.3 Å². The molecule has 0 aromatic rings. The minimum atomic E-state index is 0.884. The minimum Gasteiger partial charge on any atom is -0.0651 e. The predicted octanol–water partition coefficient (Wildman–Crippen LogP) is 6.16. The maximum Gasteiger partial charge on any atom is -0.0349 e. The third-order valence-corrected chi connectivity index (χ3v) is 4.88. The van der Waals surface area contributed by atoms with Gasteiger partial charge < -0.3 is 0 Å². The van der Waals surface area contributed by atoms with E-state index in [4.69, 9.17) is 0 Å². The van der Waals surface area contributed by atoms with Gasteiger partial charge in [0.1, 0.15) is 0 Å². The first-order chi connectivity index (χ1) is 8.45. The Balaban J connectivity index is 2.21. The van der Waals surface area contributed by atoms with Crippen LogP contribution in [0.25, 0.3) is 0 Å². The Hall–Kier alpha value is 0. The highest BCUT2D eigenvalue weighted by molar-refractivity contribution is 4.96. The van der Waals surface area contributed by atoms with Gasteiger partial charge in [0.2, 0.25) is 0 Å². The zero-order chi connectivity index (χ0) is 13.7. The van der Waals surface area contributed by atoms with Crippen LogP contribution in [0.1, 0.15) is 80.1 Å². The van der Waals surface area contributed by atoms with Crippen LogP contribution >= 0.6 is 0 Å². The van der Waals surface area contributed by atoms with Crippen LogP contribution < -0.4 is 0 Å². The van der Waals surface area contributed by atoms with E-state index in [1.165, 1.54) is 38.5 Å². The van der Waals surface area contributed by atoms with Crippen LogP contribution in [0, 0.1) is 35.5 Å². The van der Waals surface area contributed by atoms with Gasteiger partial charge in [-0.3, -0.25) is 0 Å². The lowest BCUT2D eigenvalue weighted by Crippen LogP contribution is -2.00. The molecule has 0 aromatic carbocycles. The highest BCUT2D eigenvalue weighted by Gasteiger charge is 2.47. The van der Waals surface area contributed by atoms with Gasteiger partial charge in [-0.25, -0.2) is 0 Å². The average molecular weight is 252 g/mol. The standard InChI is InChI=1S/C18H36/c1-7-16-17(11-14(4)5)18(16)12-15(6)10-8-9-13(2)3/h13-18H,7-12H2,1-6H3. The molecule has 108 valence electrons. The second kappa shape index (κ2) is 7.56. The van der Waals surface area contributed by atoms with Crippen LogP contribution in [0.15, 0.2) is 0 Å². The van der Waals surface area contributed by atoms with Gasteiger partial charge in [0.05, 0.1) is 0 Å². The average Bonchev–Trinajstić information content (AvgIpc) is 2.88. The van der Waals surface area contributed by atoms with E-state index in [9.17, 15) is 0 Å². The summed E-state index contributed by atoms with van der Waals surface area (Å²) in [5.74, 6) is 5.95. The number of hydrogen-bond acceptors (Lipinski definition) is 0. The monoisotopic (exact) mass is 252 g/mol. The molecule has 0 radical (unpaired) electrons. The first-order valence-electron chi connectivity index (χ1n) is 8.45. The normalized spacial score (nSPS) is 29.0. The van der Waals surface area contributed by atoms with Gasteiger partial charge in [0.25, 0.3) is 0 Å². The summed E-state index contributed by atoms with van der Waals surface area (Å²) in [6.45, 7) is 14.3. The molecule has 0 nitrogen and oxygen atoms in total. The lowest BCUT2D eigenvalue weighted by atomic mass is 9.94. The van der Waals surface area contributed by atoms with Crippen molar-refractivity contribution in [1.82, 2.24) is 0 Å². The van der Waals surface area contributed by atoms with Gasteiger partial charge in [-0.2, -0.15) is 0 Å². The molecule has 0 bridgehead atoms. The molecule has 0 heterocycles. The summed E-state index contributed by atoms with van der Waals surface area (Å²) in [6, 6.07) is 0. The van der Waals surface area contributed by atoms with Gasteiger partial charge in [-0.1, -0.05) is 67.2 Å². The van der Waals surface area contributed by atoms with Crippen molar-refractivity contribution in [2.75, 3.05) is 0 Å². The number of hydrogen-bond donors (Lipinski definition) is 0. The first kappa shape index (κ1) is 16.1. The van der Waals surface area contributed by atoms with Gasteiger partial charge in [0, 0.05) is 0 Å². The van der Waals surface area contributed by atoms with E-state index in [1.807, 2.05) is 0 Å². The maximum atomic E-state index is 2.48. The van der Waals surface area contributed by atoms with Crippen molar-refractivity contribution in [3.8, 4) is 0 Å². The molecule has 1 aliphatic carbocycles. The fourth-order valence-electron chi connectivity index (χ4n) is 3.83. The van der Waals surface area contributed by atoms with E-state index in [1.54, 1.807) is 0 Å². The van der Waals surface area contributed by atoms with Crippen molar-refractivity contribution < 1.29 is 0 Å². The Labute approximate surface area is 116 Å². The summed E-state index contributed by atoms with van der Waals surface area (Å²) in [6.07, 6.45) is 8.72. The van der Waals surface area contributed by atoms with Crippen molar-refractivity contribution in [3.05, 3.63) is 0 Å². The van der Waals surface area contributed by atoms with Crippen molar-refractivity contribution in [2.24, 2.45) is 35.5 Å². The molecular formula is C18H36. The zero-order valence-electron chi connectivity index (χ0n) is 13.7. The molecule has 1 rings (SSSR count). The minimum absolute atomic E-state index is 0.884. The maximum absolute atomic E-state index is 2.48. The van der Waals surface area contributed by atoms with E-state index in [-0.39, 0.29) is 0 Å². The van der Waals surface area contributed by atoms with E-state index in [0.29, 0.717) is 0 Å². The molecule has 0 amide bonds. The molecule has 4 unspecified atom stereocenters. The molecule has 1 saturated carbocycles. The van der Waals surface area contributed by atoms with E-state index < -0.39 is 0 Å². The topological polar surface area (TPSA) is 0 Å². The molecule has 0 spiro atoms. The Bertz CT molecular complexity index is 216. The van der Waals surface area contributed by atoms with Crippen molar-refractivity contribution in [1.29, 1.82) is 0 Å². The van der Waals surface area contributed by atoms with Crippen LogP contribution in [0.4, 0.5) is 0 Å². The summed E-state index contributed by atoms with van der Waals surface area (Å²) >= 11 is 0. The van der Waals surface area contributed by atoms with Crippen molar-refractivity contribution >= 4 is 0 Å². The molecule has 0 aliphatic heterocycles. The molecule has 0 saturated heterocycles. The van der Waals surface area contributed by atoms with E-state index in [0.717, 1.165) is 35.5 Å². The van der Waals surface area contributed by atoms with Crippen LogP contribution in [-0.4, -0.2) is 0 Å². The molecular weight excluding hydrogens is 216 g/mol.